The van der Waals surface area contributed by atoms with E-state index in [2.05, 4.69) is 19.2 Å². The Bertz CT molecular complexity index is 405. The van der Waals surface area contributed by atoms with Gasteiger partial charge in [0.05, 0.1) is 14.2 Å². The molecule has 0 atom stereocenters. The van der Waals surface area contributed by atoms with Gasteiger partial charge in [-0.05, 0) is 31.5 Å². The van der Waals surface area contributed by atoms with Gasteiger partial charge in [-0.2, -0.15) is 0 Å². The van der Waals surface area contributed by atoms with Crippen molar-refractivity contribution < 1.29 is 9.47 Å². The van der Waals surface area contributed by atoms with Crippen LogP contribution in [-0.2, 0) is 6.42 Å². The Labute approximate surface area is 114 Å². The number of hydrogen-bond acceptors (Lipinski definition) is 3. The van der Waals surface area contributed by atoms with E-state index >= 15 is 0 Å². The maximum Gasteiger partial charge on any atom is 0.164 e. The molecule has 0 spiro atoms. The number of likely N-dealkylation sites (N-methyl/N-ethyl adjacent to an activating group) is 1. The van der Waals surface area contributed by atoms with Crippen molar-refractivity contribution in [2.45, 2.75) is 26.2 Å². The summed E-state index contributed by atoms with van der Waals surface area (Å²) in [4.78, 5) is 0. The summed E-state index contributed by atoms with van der Waals surface area (Å²) in [5.41, 5.74) is 2.27. The molecule has 0 aliphatic rings. The molecule has 0 saturated heterocycles. The first kappa shape index (κ1) is 15.1. The molecule has 0 aromatic heterocycles. The van der Waals surface area contributed by atoms with Crippen LogP contribution in [-0.4, -0.2) is 27.8 Å². The van der Waals surface area contributed by atoms with E-state index in [1.54, 1.807) is 14.2 Å². The van der Waals surface area contributed by atoms with Crippen molar-refractivity contribution in [3.63, 3.8) is 0 Å². The summed E-state index contributed by atoms with van der Waals surface area (Å²) in [6.07, 6.45) is 0.878. The molecule has 0 amide bonds. The van der Waals surface area contributed by atoms with Crippen LogP contribution in [0.15, 0.2) is 6.07 Å². The molecule has 0 saturated carbocycles. The fourth-order valence-corrected chi connectivity index (χ4v) is 2.44. The Kier molecular flexibility index (Phi) is 5.76. The van der Waals surface area contributed by atoms with Crippen molar-refractivity contribution in [1.82, 2.24) is 5.32 Å². The van der Waals surface area contributed by atoms with Crippen molar-refractivity contribution in [2.24, 2.45) is 0 Å². The lowest BCUT2D eigenvalue weighted by Gasteiger charge is -2.21. The van der Waals surface area contributed by atoms with Gasteiger partial charge in [-0.3, -0.25) is 0 Å². The summed E-state index contributed by atoms with van der Waals surface area (Å²) in [5.74, 6) is 1.82. The summed E-state index contributed by atoms with van der Waals surface area (Å²) >= 11 is 6.36. The molecule has 102 valence electrons. The second-order valence-electron chi connectivity index (χ2n) is 4.49. The maximum atomic E-state index is 6.36. The van der Waals surface area contributed by atoms with E-state index < -0.39 is 0 Å². The lowest BCUT2D eigenvalue weighted by Crippen LogP contribution is -2.13. The molecule has 18 heavy (non-hydrogen) atoms. The van der Waals surface area contributed by atoms with E-state index in [0.29, 0.717) is 11.7 Å². The minimum Gasteiger partial charge on any atom is -0.493 e. The van der Waals surface area contributed by atoms with Crippen molar-refractivity contribution in [1.29, 1.82) is 0 Å². The zero-order chi connectivity index (χ0) is 13.7. The van der Waals surface area contributed by atoms with E-state index in [4.69, 9.17) is 21.1 Å². The molecule has 0 bridgehead atoms. The Morgan fingerprint density at radius 1 is 1.28 bits per heavy atom. The van der Waals surface area contributed by atoms with Crippen molar-refractivity contribution >= 4 is 11.6 Å². The summed E-state index contributed by atoms with van der Waals surface area (Å²) in [6, 6.07) is 1.83. The van der Waals surface area contributed by atoms with Crippen molar-refractivity contribution in [3.05, 3.63) is 22.2 Å². The highest BCUT2D eigenvalue weighted by Gasteiger charge is 2.20. The second-order valence-corrected chi connectivity index (χ2v) is 4.90. The fourth-order valence-electron chi connectivity index (χ4n) is 2.14. The minimum absolute atomic E-state index is 0.333. The van der Waals surface area contributed by atoms with Gasteiger partial charge in [-0.1, -0.05) is 25.4 Å². The van der Waals surface area contributed by atoms with E-state index in [1.807, 2.05) is 13.1 Å². The fraction of sp³-hybridized carbons (Fsp3) is 0.571. The van der Waals surface area contributed by atoms with Crippen LogP contribution in [0.5, 0.6) is 11.5 Å². The van der Waals surface area contributed by atoms with E-state index in [0.717, 1.165) is 34.9 Å². The lowest BCUT2D eigenvalue weighted by molar-refractivity contribution is 0.349. The predicted molar refractivity (Wildman–Crippen MR) is 76.3 cm³/mol. The molecule has 1 N–H and O–H groups in total. The third kappa shape index (κ3) is 3.09. The number of nitrogens with one attached hydrogen (secondary N) is 1. The molecule has 0 radical (unpaired) electrons. The van der Waals surface area contributed by atoms with Crippen molar-refractivity contribution in [2.75, 3.05) is 27.8 Å². The Balaban J connectivity index is 3.39. The molecule has 0 heterocycles. The first-order valence-electron chi connectivity index (χ1n) is 6.14. The standard InChI is InChI=1S/C14H22ClNO2/c1-9(2)13-10(6-7-16-3)11(15)8-12(17-4)14(13)18-5/h8-9,16H,6-7H2,1-5H3. The van der Waals surface area contributed by atoms with Gasteiger partial charge in [0.25, 0.3) is 0 Å². The van der Waals surface area contributed by atoms with Gasteiger partial charge in [-0.15, -0.1) is 0 Å². The normalized spacial score (nSPS) is 10.8. The average Bonchev–Trinajstić information content (AvgIpc) is 2.35. The molecular weight excluding hydrogens is 250 g/mol. The van der Waals surface area contributed by atoms with Crippen LogP contribution in [0.2, 0.25) is 5.02 Å². The van der Waals surface area contributed by atoms with Crippen LogP contribution in [0.1, 0.15) is 30.9 Å². The highest BCUT2D eigenvalue weighted by atomic mass is 35.5. The van der Waals surface area contributed by atoms with E-state index in [9.17, 15) is 0 Å². The molecule has 0 aliphatic carbocycles. The van der Waals surface area contributed by atoms with Gasteiger partial charge in [0.1, 0.15) is 0 Å². The maximum absolute atomic E-state index is 6.36. The Morgan fingerprint density at radius 2 is 1.94 bits per heavy atom. The van der Waals surface area contributed by atoms with Gasteiger partial charge in [-0.25, -0.2) is 0 Å². The topological polar surface area (TPSA) is 30.5 Å². The number of rotatable bonds is 6. The molecular formula is C14H22ClNO2. The highest BCUT2D eigenvalue weighted by Crippen LogP contribution is 2.41. The summed E-state index contributed by atoms with van der Waals surface area (Å²) in [5, 5.41) is 3.89. The third-order valence-electron chi connectivity index (χ3n) is 2.97. The van der Waals surface area contributed by atoms with Crippen LogP contribution < -0.4 is 14.8 Å². The van der Waals surface area contributed by atoms with Gasteiger partial charge >= 0.3 is 0 Å². The zero-order valence-corrected chi connectivity index (χ0v) is 12.5. The van der Waals surface area contributed by atoms with Gasteiger partial charge in [0.15, 0.2) is 11.5 Å². The number of methoxy groups -OCH3 is 2. The van der Waals surface area contributed by atoms with E-state index in [1.165, 1.54) is 0 Å². The van der Waals surface area contributed by atoms with Crippen molar-refractivity contribution in [3.8, 4) is 11.5 Å². The number of halogens is 1. The number of hydrogen-bond donors (Lipinski definition) is 1. The summed E-state index contributed by atoms with van der Waals surface area (Å²) < 4.78 is 10.8. The van der Waals surface area contributed by atoms with Crippen LogP contribution in [0, 0.1) is 0 Å². The SMILES string of the molecule is CNCCc1c(Cl)cc(OC)c(OC)c1C(C)C. The van der Waals surface area contributed by atoms with Crippen LogP contribution in [0.3, 0.4) is 0 Å². The average molecular weight is 272 g/mol. The Morgan fingerprint density at radius 3 is 2.39 bits per heavy atom. The molecule has 0 unspecified atom stereocenters. The first-order valence-corrected chi connectivity index (χ1v) is 6.52. The van der Waals surface area contributed by atoms with Crippen LogP contribution in [0.4, 0.5) is 0 Å². The molecule has 1 aromatic rings. The molecule has 3 nitrogen and oxygen atoms in total. The quantitative estimate of drug-likeness (QED) is 0.862. The lowest BCUT2D eigenvalue weighted by atomic mass is 9.93. The third-order valence-corrected chi connectivity index (χ3v) is 3.30. The van der Waals surface area contributed by atoms with Crippen LogP contribution in [0.25, 0.3) is 0 Å². The second kappa shape index (κ2) is 6.86. The van der Waals surface area contributed by atoms with Gasteiger partial charge in [0, 0.05) is 16.7 Å². The molecule has 1 aromatic carbocycles. The van der Waals surface area contributed by atoms with Gasteiger partial charge < -0.3 is 14.8 Å². The molecule has 1 rings (SSSR count). The molecule has 4 heteroatoms. The Hall–Kier alpha value is -0.930. The smallest absolute Gasteiger partial charge is 0.164 e. The molecule has 0 fully saturated rings. The van der Waals surface area contributed by atoms with Gasteiger partial charge in [0.2, 0.25) is 0 Å². The number of benzene rings is 1. The predicted octanol–water partition coefficient (Wildman–Crippen LogP) is 3.24. The number of ether oxygens (including phenoxy) is 2. The molecule has 0 aliphatic heterocycles. The highest BCUT2D eigenvalue weighted by molar-refractivity contribution is 6.31. The minimum atomic E-state index is 0.333. The summed E-state index contributed by atoms with van der Waals surface area (Å²) in [7, 11) is 5.23. The first-order chi connectivity index (χ1) is 8.56. The van der Waals surface area contributed by atoms with E-state index in [-0.39, 0.29) is 0 Å². The zero-order valence-electron chi connectivity index (χ0n) is 11.8. The monoisotopic (exact) mass is 271 g/mol. The summed E-state index contributed by atoms with van der Waals surface area (Å²) in [6.45, 7) is 5.15. The largest absolute Gasteiger partial charge is 0.493 e. The van der Waals surface area contributed by atoms with Crippen LogP contribution >= 0.6 is 11.6 Å².